The molecule has 0 aliphatic rings. The van der Waals surface area contributed by atoms with E-state index in [9.17, 15) is 23.1 Å². The molecule has 1 aromatic heterocycles. The van der Waals surface area contributed by atoms with Crippen molar-refractivity contribution in [3.8, 4) is 16.9 Å². The highest BCUT2D eigenvalue weighted by Crippen LogP contribution is 2.34. The summed E-state index contributed by atoms with van der Waals surface area (Å²) in [7, 11) is 0. The molecule has 0 saturated carbocycles. The van der Waals surface area contributed by atoms with Crippen molar-refractivity contribution >= 4 is 16.7 Å². The van der Waals surface area contributed by atoms with E-state index in [-0.39, 0.29) is 6.61 Å². The Kier molecular flexibility index (Phi) is 6.54. The van der Waals surface area contributed by atoms with E-state index in [2.05, 4.69) is 4.98 Å². The minimum absolute atomic E-state index is 0.0908. The van der Waals surface area contributed by atoms with Crippen molar-refractivity contribution in [1.29, 1.82) is 0 Å². The number of carboxylic acids is 1. The number of aromatic nitrogens is 1. The molecule has 0 amide bonds. The number of alkyl halides is 3. The van der Waals surface area contributed by atoms with Gasteiger partial charge in [-0.3, -0.25) is 9.78 Å². The zero-order valence-corrected chi connectivity index (χ0v) is 18.3. The number of hydrogen-bond acceptors (Lipinski definition) is 3. The Labute approximate surface area is 194 Å². The standard InChI is InChI=1S/C27H22F3NO3/c1-17(26(32)33)12-19-4-9-25(34-16-18-2-7-23(8-3-18)27(28,29)30)24(13-19)21-5-6-22-15-31-11-10-20(22)14-21/h2-11,13-15,17H,12,16H2,1H3,(H,32,33). The predicted molar refractivity (Wildman–Crippen MR) is 123 cm³/mol. The van der Waals surface area contributed by atoms with Gasteiger partial charge in [0.2, 0.25) is 0 Å². The van der Waals surface area contributed by atoms with E-state index >= 15 is 0 Å². The third kappa shape index (κ3) is 5.36. The molecule has 0 aliphatic carbocycles. The van der Waals surface area contributed by atoms with Gasteiger partial charge < -0.3 is 9.84 Å². The number of ether oxygens (including phenoxy) is 1. The second-order valence-electron chi connectivity index (χ2n) is 8.19. The van der Waals surface area contributed by atoms with Crippen LogP contribution in [0.15, 0.2) is 79.1 Å². The molecule has 0 spiro atoms. The molecule has 3 aromatic carbocycles. The lowest BCUT2D eigenvalue weighted by atomic mass is 9.95. The number of aliphatic carboxylic acids is 1. The largest absolute Gasteiger partial charge is 0.488 e. The Morgan fingerprint density at radius 2 is 1.71 bits per heavy atom. The van der Waals surface area contributed by atoms with Gasteiger partial charge in [-0.15, -0.1) is 0 Å². The summed E-state index contributed by atoms with van der Waals surface area (Å²) < 4.78 is 44.5. The molecule has 174 valence electrons. The van der Waals surface area contributed by atoms with Crippen LogP contribution in [0.1, 0.15) is 23.6 Å². The minimum atomic E-state index is -4.39. The van der Waals surface area contributed by atoms with Crippen molar-refractivity contribution in [2.24, 2.45) is 5.92 Å². The summed E-state index contributed by atoms with van der Waals surface area (Å²) in [5.41, 5.74) is 2.40. The van der Waals surface area contributed by atoms with Crippen molar-refractivity contribution in [2.45, 2.75) is 26.1 Å². The SMILES string of the molecule is CC(Cc1ccc(OCc2ccc(C(F)(F)F)cc2)c(-c2ccc3cnccc3c2)c1)C(=O)O. The lowest BCUT2D eigenvalue weighted by Gasteiger charge is -2.15. The van der Waals surface area contributed by atoms with Crippen molar-refractivity contribution in [3.05, 3.63) is 95.8 Å². The lowest BCUT2D eigenvalue weighted by molar-refractivity contribution is -0.141. The van der Waals surface area contributed by atoms with E-state index in [1.54, 1.807) is 25.4 Å². The molecule has 7 heteroatoms. The molecule has 34 heavy (non-hydrogen) atoms. The summed E-state index contributed by atoms with van der Waals surface area (Å²) in [5.74, 6) is -0.864. The van der Waals surface area contributed by atoms with Crippen LogP contribution in [0.3, 0.4) is 0 Å². The van der Waals surface area contributed by atoms with Crippen LogP contribution in [0, 0.1) is 5.92 Å². The fraction of sp³-hybridized carbons (Fsp3) is 0.185. The van der Waals surface area contributed by atoms with Gasteiger partial charge in [0.05, 0.1) is 11.5 Å². The molecule has 1 N–H and O–H groups in total. The van der Waals surface area contributed by atoms with Crippen LogP contribution in [0.25, 0.3) is 21.9 Å². The molecule has 0 fully saturated rings. The quantitative estimate of drug-likeness (QED) is 0.328. The van der Waals surface area contributed by atoms with E-state index in [1.165, 1.54) is 12.1 Å². The number of benzene rings is 3. The van der Waals surface area contributed by atoms with Gasteiger partial charge in [0, 0.05) is 23.3 Å². The van der Waals surface area contributed by atoms with Crippen LogP contribution < -0.4 is 4.74 Å². The highest BCUT2D eigenvalue weighted by molar-refractivity contribution is 5.87. The molecule has 1 atom stereocenters. The second kappa shape index (κ2) is 9.55. The highest BCUT2D eigenvalue weighted by Gasteiger charge is 2.29. The topological polar surface area (TPSA) is 59.4 Å². The average Bonchev–Trinajstić information content (AvgIpc) is 2.82. The molecular weight excluding hydrogens is 443 g/mol. The van der Waals surface area contributed by atoms with Gasteiger partial charge in [-0.05, 0) is 64.9 Å². The smallest absolute Gasteiger partial charge is 0.416 e. The van der Waals surface area contributed by atoms with Crippen molar-refractivity contribution in [2.75, 3.05) is 0 Å². The summed E-state index contributed by atoms with van der Waals surface area (Å²) in [4.78, 5) is 15.4. The van der Waals surface area contributed by atoms with E-state index < -0.39 is 23.6 Å². The first-order valence-electron chi connectivity index (χ1n) is 10.7. The minimum Gasteiger partial charge on any atom is -0.488 e. The molecule has 1 unspecified atom stereocenters. The van der Waals surface area contributed by atoms with E-state index in [0.717, 1.165) is 39.6 Å². The maximum absolute atomic E-state index is 12.8. The van der Waals surface area contributed by atoms with Gasteiger partial charge in [-0.2, -0.15) is 13.2 Å². The normalized spacial score (nSPS) is 12.5. The Bertz CT molecular complexity index is 1320. The summed E-state index contributed by atoms with van der Waals surface area (Å²) >= 11 is 0. The van der Waals surface area contributed by atoms with Gasteiger partial charge in [-0.1, -0.05) is 37.3 Å². The molecule has 0 radical (unpaired) electrons. The number of fused-ring (bicyclic) bond motifs is 1. The fourth-order valence-corrected chi connectivity index (χ4v) is 3.70. The number of nitrogens with zero attached hydrogens (tertiary/aromatic N) is 1. The number of pyridine rings is 1. The number of halogens is 3. The predicted octanol–water partition coefficient (Wildman–Crippen LogP) is 6.76. The number of carbonyl (C=O) groups is 1. The van der Waals surface area contributed by atoms with Crippen LogP contribution >= 0.6 is 0 Å². The summed E-state index contributed by atoms with van der Waals surface area (Å²) in [6.07, 6.45) is -0.550. The molecule has 4 nitrogen and oxygen atoms in total. The van der Waals surface area contributed by atoms with Gasteiger partial charge in [0.25, 0.3) is 0 Å². The third-order valence-corrected chi connectivity index (χ3v) is 5.63. The zero-order valence-electron chi connectivity index (χ0n) is 18.3. The first kappa shape index (κ1) is 23.3. The first-order chi connectivity index (χ1) is 16.2. The number of carboxylic acid groups (broad SMARTS) is 1. The third-order valence-electron chi connectivity index (χ3n) is 5.63. The van der Waals surface area contributed by atoms with Gasteiger partial charge in [-0.25, -0.2) is 0 Å². The second-order valence-corrected chi connectivity index (χ2v) is 8.19. The van der Waals surface area contributed by atoms with Crippen LogP contribution in [-0.2, 0) is 24.0 Å². The number of hydrogen-bond donors (Lipinski definition) is 1. The van der Waals surface area contributed by atoms with Crippen molar-refractivity contribution < 1.29 is 27.8 Å². The molecule has 0 aliphatic heterocycles. The summed E-state index contributed by atoms with van der Waals surface area (Å²) in [6, 6.07) is 18.2. The first-order valence-corrected chi connectivity index (χ1v) is 10.7. The maximum Gasteiger partial charge on any atom is 0.416 e. The van der Waals surface area contributed by atoms with Crippen LogP contribution in [0.2, 0.25) is 0 Å². The summed E-state index contributed by atoms with van der Waals surface area (Å²) in [6.45, 7) is 1.74. The fourth-order valence-electron chi connectivity index (χ4n) is 3.70. The highest BCUT2D eigenvalue weighted by atomic mass is 19.4. The molecule has 4 aromatic rings. The molecule has 0 saturated heterocycles. The van der Waals surface area contributed by atoms with Crippen molar-refractivity contribution in [3.63, 3.8) is 0 Å². The molecule has 0 bridgehead atoms. The monoisotopic (exact) mass is 465 g/mol. The van der Waals surface area contributed by atoms with Crippen molar-refractivity contribution in [1.82, 2.24) is 4.98 Å². The Morgan fingerprint density at radius 1 is 0.971 bits per heavy atom. The van der Waals surface area contributed by atoms with Crippen LogP contribution in [0.5, 0.6) is 5.75 Å². The zero-order chi connectivity index (χ0) is 24.3. The van der Waals surface area contributed by atoms with Gasteiger partial charge in [0.15, 0.2) is 0 Å². The van der Waals surface area contributed by atoms with E-state index in [4.69, 9.17) is 4.74 Å². The molecule has 1 heterocycles. The Balaban J connectivity index is 1.65. The van der Waals surface area contributed by atoms with E-state index in [0.29, 0.717) is 17.7 Å². The average molecular weight is 465 g/mol. The lowest BCUT2D eigenvalue weighted by Crippen LogP contribution is -2.12. The van der Waals surface area contributed by atoms with Gasteiger partial charge in [0.1, 0.15) is 12.4 Å². The van der Waals surface area contributed by atoms with E-state index in [1.807, 2.05) is 36.4 Å². The molecule has 4 rings (SSSR count). The van der Waals surface area contributed by atoms with Crippen LogP contribution in [0.4, 0.5) is 13.2 Å². The van der Waals surface area contributed by atoms with Crippen LogP contribution in [-0.4, -0.2) is 16.1 Å². The maximum atomic E-state index is 12.8. The molecular formula is C27H22F3NO3. The Hall–Kier alpha value is -3.87. The van der Waals surface area contributed by atoms with Gasteiger partial charge >= 0.3 is 12.1 Å². The Morgan fingerprint density at radius 3 is 2.41 bits per heavy atom. The summed E-state index contributed by atoms with van der Waals surface area (Å²) in [5, 5.41) is 11.3. The number of rotatable bonds is 7.